The molecule has 112 valence electrons. The van der Waals surface area contributed by atoms with Crippen LogP contribution in [0.5, 0.6) is 0 Å². The predicted octanol–water partition coefficient (Wildman–Crippen LogP) is 2.89. The Balaban J connectivity index is 0.00000200. The third kappa shape index (κ3) is 5.78. The molecule has 0 bridgehead atoms. The molecule has 0 radical (unpaired) electrons. The fourth-order valence-electron chi connectivity index (χ4n) is 2.05. The highest BCUT2D eigenvalue weighted by molar-refractivity contribution is 14.0. The highest BCUT2D eigenvalue weighted by Crippen LogP contribution is 2.09. The summed E-state index contributed by atoms with van der Waals surface area (Å²) in [6, 6.07) is 0.499. The maximum Gasteiger partial charge on any atom is 0.191 e. The minimum atomic E-state index is 0. The van der Waals surface area contributed by atoms with Crippen LogP contribution in [-0.4, -0.2) is 30.1 Å². The van der Waals surface area contributed by atoms with Crippen molar-refractivity contribution < 1.29 is 0 Å². The molecule has 0 atom stereocenters. The number of nitrogens with one attached hydrogen (secondary N) is 2. The largest absolute Gasteiger partial charge is 0.357 e. The Labute approximate surface area is 142 Å². The van der Waals surface area contributed by atoms with E-state index in [4.69, 9.17) is 0 Å². The van der Waals surface area contributed by atoms with Crippen molar-refractivity contribution in [3.8, 4) is 0 Å². The summed E-state index contributed by atoms with van der Waals surface area (Å²) < 4.78 is 0. The van der Waals surface area contributed by atoms with Gasteiger partial charge in [-0.3, -0.25) is 4.99 Å². The minimum absolute atomic E-state index is 0. The average molecular weight is 406 g/mol. The van der Waals surface area contributed by atoms with Crippen LogP contribution in [0, 0.1) is 6.92 Å². The molecule has 0 aromatic carbocycles. The van der Waals surface area contributed by atoms with Crippen molar-refractivity contribution >= 4 is 41.3 Å². The zero-order valence-electron chi connectivity index (χ0n) is 12.1. The maximum atomic E-state index is 4.61. The third-order valence-electron chi connectivity index (χ3n) is 3.00. The first-order valence-corrected chi connectivity index (χ1v) is 7.76. The second kappa shape index (κ2) is 9.33. The first-order valence-electron chi connectivity index (χ1n) is 6.88. The molecule has 1 aromatic heterocycles. The predicted molar refractivity (Wildman–Crippen MR) is 97.2 cm³/mol. The number of aromatic nitrogens is 1. The van der Waals surface area contributed by atoms with Crippen LogP contribution >= 0.6 is 35.3 Å². The first kappa shape index (κ1) is 17.4. The average Bonchev–Trinajstić information content (AvgIpc) is 3.01. The van der Waals surface area contributed by atoms with Gasteiger partial charge in [0.2, 0.25) is 0 Å². The van der Waals surface area contributed by atoms with Crippen molar-refractivity contribution in [3.05, 3.63) is 28.2 Å². The van der Waals surface area contributed by atoms with Gasteiger partial charge in [0.25, 0.3) is 0 Å². The molecule has 0 saturated carbocycles. The van der Waals surface area contributed by atoms with Gasteiger partial charge in [-0.05, 0) is 26.7 Å². The lowest BCUT2D eigenvalue weighted by Crippen LogP contribution is -2.42. The Morgan fingerprint density at radius 3 is 2.80 bits per heavy atom. The summed E-state index contributed by atoms with van der Waals surface area (Å²) in [5.41, 5.74) is 1.14. The van der Waals surface area contributed by atoms with E-state index >= 15 is 0 Å². The Hall–Kier alpha value is -0.630. The van der Waals surface area contributed by atoms with E-state index < -0.39 is 0 Å². The Bertz CT molecular complexity index is 448. The van der Waals surface area contributed by atoms with Gasteiger partial charge >= 0.3 is 0 Å². The van der Waals surface area contributed by atoms with E-state index in [1.165, 1.54) is 0 Å². The second-order valence-corrected chi connectivity index (χ2v) is 5.71. The van der Waals surface area contributed by atoms with Gasteiger partial charge in [0.05, 0.1) is 10.7 Å². The number of halogens is 1. The van der Waals surface area contributed by atoms with Crippen molar-refractivity contribution in [3.63, 3.8) is 0 Å². The molecule has 20 heavy (non-hydrogen) atoms. The lowest BCUT2D eigenvalue weighted by Gasteiger charge is -2.16. The van der Waals surface area contributed by atoms with E-state index in [0.717, 1.165) is 49.0 Å². The van der Waals surface area contributed by atoms with Crippen LogP contribution in [0.1, 0.15) is 30.5 Å². The topological polar surface area (TPSA) is 49.3 Å². The van der Waals surface area contributed by atoms with E-state index in [-0.39, 0.29) is 24.0 Å². The number of hydrogen-bond donors (Lipinski definition) is 2. The highest BCUT2D eigenvalue weighted by atomic mass is 127. The minimum Gasteiger partial charge on any atom is -0.357 e. The molecule has 1 heterocycles. The summed E-state index contributed by atoms with van der Waals surface area (Å²) >= 11 is 1.70. The van der Waals surface area contributed by atoms with Gasteiger partial charge in [-0.2, -0.15) is 0 Å². The first-order chi connectivity index (χ1) is 9.28. The summed E-state index contributed by atoms with van der Waals surface area (Å²) in [7, 11) is 0. The van der Waals surface area contributed by atoms with Gasteiger partial charge in [-0.1, -0.05) is 12.2 Å². The fraction of sp³-hybridized carbons (Fsp3) is 0.571. The Morgan fingerprint density at radius 1 is 1.45 bits per heavy atom. The molecule has 0 amide bonds. The van der Waals surface area contributed by atoms with Crippen LogP contribution in [0.2, 0.25) is 0 Å². The van der Waals surface area contributed by atoms with Crippen molar-refractivity contribution in [1.29, 1.82) is 0 Å². The third-order valence-corrected chi connectivity index (χ3v) is 3.82. The van der Waals surface area contributed by atoms with Crippen molar-refractivity contribution in [2.24, 2.45) is 4.99 Å². The van der Waals surface area contributed by atoms with Gasteiger partial charge in [0, 0.05) is 30.9 Å². The zero-order chi connectivity index (χ0) is 13.5. The number of rotatable bonds is 5. The highest BCUT2D eigenvalue weighted by Gasteiger charge is 2.11. The zero-order valence-corrected chi connectivity index (χ0v) is 15.2. The molecule has 2 rings (SSSR count). The van der Waals surface area contributed by atoms with E-state index in [9.17, 15) is 0 Å². The Kier molecular flexibility index (Phi) is 8.13. The number of aryl methyl sites for hydroxylation is 1. The molecular weight excluding hydrogens is 383 g/mol. The summed E-state index contributed by atoms with van der Waals surface area (Å²) in [6.07, 6.45) is 7.54. The van der Waals surface area contributed by atoms with Crippen LogP contribution in [0.25, 0.3) is 0 Å². The molecule has 0 unspecified atom stereocenters. The van der Waals surface area contributed by atoms with Crippen molar-refractivity contribution in [2.45, 2.75) is 39.2 Å². The summed E-state index contributed by atoms with van der Waals surface area (Å²) in [5, 5.41) is 10.0. The molecule has 0 saturated heterocycles. The standard InChI is InChI=1S/C14H22N4S.HI/c1-3-15-14(18-12-6-4-5-7-12)16-9-8-13-10-19-11(2)17-13;/h4-5,10,12H,3,6-9H2,1-2H3,(H2,15,16,18);1H. The van der Waals surface area contributed by atoms with Crippen LogP contribution < -0.4 is 10.6 Å². The maximum absolute atomic E-state index is 4.61. The number of hydrogen-bond acceptors (Lipinski definition) is 3. The quantitative estimate of drug-likeness (QED) is 0.342. The van der Waals surface area contributed by atoms with Crippen LogP contribution in [0.15, 0.2) is 22.5 Å². The van der Waals surface area contributed by atoms with Gasteiger partial charge in [-0.25, -0.2) is 4.98 Å². The molecule has 1 aromatic rings. The number of guanidine groups is 1. The molecule has 0 spiro atoms. The normalized spacial score (nSPS) is 15.2. The Morgan fingerprint density at radius 2 is 2.20 bits per heavy atom. The van der Waals surface area contributed by atoms with Gasteiger partial charge in [0.1, 0.15) is 0 Å². The molecule has 6 heteroatoms. The summed E-state index contributed by atoms with van der Waals surface area (Å²) in [5.74, 6) is 0.920. The lowest BCUT2D eigenvalue weighted by atomic mass is 10.2. The van der Waals surface area contributed by atoms with E-state index in [2.05, 4.69) is 45.1 Å². The molecule has 4 nitrogen and oxygen atoms in total. The number of aliphatic imine (C=N–C) groups is 1. The van der Waals surface area contributed by atoms with Crippen LogP contribution in [-0.2, 0) is 6.42 Å². The monoisotopic (exact) mass is 406 g/mol. The van der Waals surface area contributed by atoms with Gasteiger partial charge in [0.15, 0.2) is 5.96 Å². The molecule has 1 aliphatic rings. The number of nitrogens with zero attached hydrogens (tertiary/aromatic N) is 2. The van der Waals surface area contributed by atoms with E-state index in [0.29, 0.717) is 6.04 Å². The van der Waals surface area contributed by atoms with Crippen LogP contribution in [0.3, 0.4) is 0 Å². The molecule has 2 N–H and O–H groups in total. The van der Waals surface area contributed by atoms with E-state index in [1.807, 2.05) is 6.92 Å². The van der Waals surface area contributed by atoms with Gasteiger partial charge < -0.3 is 10.6 Å². The van der Waals surface area contributed by atoms with E-state index in [1.54, 1.807) is 11.3 Å². The summed E-state index contributed by atoms with van der Waals surface area (Å²) in [6.45, 7) is 5.80. The fourth-order valence-corrected chi connectivity index (χ4v) is 2.70. The molecular formula is C14H23IN4S. The van der Waals surface area contributed by atoms with Gasteiger partial charge in [-0.15, -0.1) is 35.3 Å². The smallest absolute Gasteiger partial charge is 0.191 e. The van der Waals surface area contributed by atoms with Crippen molar-refractivity contribution in [1.82, 2.24) is 15.6 Å². The molecule has 0 aliphatic heterocycles. The summed E-state index contributed by atoms with van der Waals surface area (Å²) in [4.78, 5) is 9.07. The van der Waals surface area contributed by atoms with Crippen LogP contribution in [0.4, 0.5) is 0 Å². The molecule has 1 aliphatic carbocycles. The number of thiazole rings is 1. The molecule has 0 fully saturated rings. The van der Waals surface area contributed by atoms with Crippen molar-refractivity contribution in [2.75, 3.05) is 13.1 Å². The SMILES string of the molecule is CCNC(=NCCc1csc(C)n1)NC1CC=CC1.I. The second-order valence-electron chi connectivity index (χ2n) is 4.65. The lowest BCUT2D eigenvalue weighted by molar-refractivity contribution is 0.633.